The van der Waals surface area contributed by atoms with Gasteiger partial charge in [0.05, 0.1) is 12.0 Å². The number of benzene rings is 2. The van der Waals surface area contributed by atoms with Crippen LogP contribution in [0.25, 0.3) is 11.2 Å². The van der Waals surface area contributed by atoms with Gasteiger partial charge in [-0.15, -0.1) is 5.11 Å². The number of aromatic hydroxyl groups is 1. The molecule has 35 heavy (non-hydrogen) atoms. The van der Waals surface area contributed by atoms with Crippen molar-refractivity contribution in [1.82, 2.24) is 24.8 Å². The topological polar surface area (TPSA) is 155 Å². The number of nitrogens with one attached hydrogen (secondary N) is 1. The molecule has 2 aromatic heterocycles. The van der Waals surface area contributed by atoms with Gasteiger partial charge >= 0.3 is 5.97 Å². The van der Waals surface area contributed by atoms with Crippen LogP contribution in [0, 0.1) is 0 Å². The molecule has 0 spiro atoms. The molecule has 1 atom stereocenters. The SMILES string of the molecule is CC(=O)N[C@@H](Cc1ccc(O)c(N=Nc2ccc(Sc3ncnc4c3ncn4C)cc2)c1)C(=O)O. The molecule has 2 aromatic carbocycles. The average Bonchev–Trinajstić information content (AvgIpc) is 3.21. The highest BCUT2D eigenvalue weighted by molar-refractivity contribution is 7.99. The maximum atomic E-state index is 11.4. The number of carboxylic acids is 1. The summed E-state index contributed by atoms with van der Waals surface area (Å²) >= 11 is 1.45. The van der Waals surface area contributed by atoms with E-state index in [0.717, 1.165) is 21.1 Å². The van der Waals surface area contributed by atoms with E-state index in [4.69, 9.17) is 0 Å². The Labute approximate surface area is 204 Å². The summed E-state index contributed by atoms with van der Waals surface area (Å²) in [5, 5.41) is 30.8. The van der Waals surface area contributed by atoms with Crippen molar-refractivity contribution in [2.45, 2.75) is 29.3 Å². The van der Waals surface area contributed by atoms with Gasteiger partial charge in [-0.25, -0.2) is 19.7 Å². The van der Waals surface area contributed by atoms with E-state index in [1.54, 1.807) is 24.5 Å². The Balaban J connectivity index is 1.47. The molecular weight excluding hydrogens is 470 g/mol. The molecule has 0 radical (unpaired) electrons. The number of rotatable bonds is 8. The number of carbonyl (C=O) groups excluding carboxylic acids is 1. The number of carbonyl (C=O) groups is 2. The second-order valence-electron chi connectivity index (χ2n) is 7.62. The third-order valence-corrected chi connectivity index (χ3v) is 5.94. The van der Waals surface area contributed by atoms with Crippen molar-refractivity contribution in [3.8, 4) is 5.75 Å². The third kappa shape index (κ3) is 5.79. The lowest BCUT2D eigenvalue weighted by molar-refractivity contribution is -0.141. The van der Waals surface area contributed by atoms with E-state index in [-0.39, 0.29) is 17.9 Å². The zero-order valence-corrected chi connectivity index (χ0v) is 19.6. The fraction of sp³-hybridized carbons (Fsp3) is 0.174. The number of hydrogen-bond donors (Lipinski definition) is 3. The predicted octanol–water partition coefficient (Wildman–Crippen LogP) is 3.77. The number of aryl methyl sites for hydroxylation is 1. The van der Waals surface area contributed by atoms with E-state index in [0.29, 0.717) is 11.3 Å². The first-order valence-corrected chi connectivity index (χ1v) is 11.3. The number of imidazole rings is 1. The van der Waals surface area contributed by atoms with Crippen LogP contribution in [0.1, 0.15) is 12.5 Å². The van der Waals surface area contributed by atoms with E-state index in [1.165, 1.54) is 37.1 Å². The minimum absolute atomic E-state index is 0.0379. The lowest BCUT2D eigenvalue weighted by atomic mass is 10.0. The molecule has 1 amide bonds. The molecule has 0 aliphatic heterocycles. The van der Waals surface area contributed by atoms with Crippen molar-refractivity contribution in [2.24, 2.45) is 17.3 Å². The van der Waals surface area contributed by atoms with E-state index in [1.807, 2.05) is 23.7 Å². The molecule has 0 unspecified atom stereocenters. The largest absolute Gasteiger partial charge is 0.506 e. The standard InChI is InChI=1S/C23H21N7O4S/c1-13(31)27-18(23(33)34)10-14-3-8-19(32)17(9-14)29-28-15-4-6-16(7-5-15)35-22-20-21(24-11-25-22)30(2)12-26-20/h3-9,11-12,18,32H,10H2,1-2H3,(H,27,31)(H,33,34)/t18-/m0/s1. The highest BCUT2D eigenvalue weighted by Crippen LogP contribution is 2.33. The summed E-state index contributed by atoms with van der Waals surface area (Å²) in [4.78, 5) is 36.5. The molecule has 0 bridgehead atoms. The Hall–Kier alpha value is -4.32. The van der Waals surface area contributed by atoms with Gasteiger partial charge in [0, 0.05) is 25.3 Å². The van der Waals surface area contributed by atoms with Crippen molar-refractivity contribution in [1.29, 1.82) is 0 Å². The van der Waals surface area contributed by atoms with E-state index < -0.39 is 17.9 Å². The van der Waals surface area contributed by atoms with Crippen LogP contribution in [-0.4, -0.2) is 47.7 Å². The smallest absolute Gasteiger partial charge is 0.326 e. The van der Waals surface area contributed by atoms with Crippen LogP contribution >= 0.6 is 11.8 Å². The Bertz CT molecular complexity index is 1420. The zero-order valence-electron chi connectivity index (χ0n) is 18.8. The number of hydrogen-bond acceptors (Lipinski definition) is 9. The molecule has 3 N–H and O–H groups in total. The zero-order chi connectivity index (χ0) is 24.9. The number of phenols is 1. The summed E-state index contributed by atoms with van der Waals surface area (Å²) in [6, 6.07) is 10.7. The minimum Gasteiger partial charge on any atom is -0.506 e. The maximum absolute atomic E-state index is 11.4. The Morgan fingerprint density at radius 2 is 1.89 bits per heavy atom. The summed E-state index contributed by atoms with van der Waals surface area (Å²) in [7, 11) is 1.87. The Morgan fingerprint density at radius 1 is 1.11 bits per heavy atom. The third-order valence-electron chi connectivity index (χ3n) is 4.94. The van der Waals surface area contributed by atoms with Crippen molar-refractivity contribution in [3.63, 3.8) is 0 Å². The van der Waals surface area contributed by atoms with Crippen LogP contribution in [0.4, 0.5) is 11.4 Å². The lowest BCUT2D eigenvalue weighted by Crippen LogP contribution is -2.41. The first-order valence-electron chi connectivity index (χ1n) is 10.4. The summed E-state index contributed by atoms with van der Waals surface area (Å²) in [5.41, 5.74) is 2.80. The molecule has 0 aliphatic carbocycles. The van der Waals surface area contributed by atoms with Gasteiger partial charge in [-0.3, -0.25) is 4.79 Å². The van der Waals surface area contributed by atoms with Crippen LogP contribution in [0.5, 0.6) is 5.75 Å². The number of aliphatic carboxylic acids is 1. The second-order valence-corrected chi connectivity index (χ2v) is 8.68. The monoisotopic (exact) mass is 491 g/mol. The number of nitrogens with zero attached hydrogens (tertiary/aromatic N) is 6. The van der Waals surface area contributed by atoms with E-state index >= 15 is 0 Å². The maximum Gasteiger partial charge on any atom is 0.326 e. The van der Waals surface area contributed by atoms with Crippen LogP contribution in [0.2, 0.25) is 0 Å². The van der Waals surface area contributed by atoms with Crippen molar-refractivity contribution in [2.75, 3.05) is 0 Å². The van der Waals surface area contributed by atoms with Crippen LogP contribution in [-0.2, 0) is 23.1 Å². The summed E-state index contributed by atoms with van der Waals surface area (Å²) in [6.45, 7) is 1.25. The van der Waals surface area contributed by atoms with E-state index in [9.17, 15) is 19.8 Å². The molecule has 0 saturated heterocycles. The van der Waals surface area contributed by atoms with Gasteiger partial charge in [0.15, 0.2) is 5.65 Å². The second kappa shape index (κ2) is 10.3. The number of amides is 1. The molecule has 4 aromatic rings. The normalized spacial score (nSPS) is 12.2. The van der Waals surface area contributed by atoms with Crippen molar-refractivity contribution < 1.29 is 19.8 Å². The predicted molar refractivity (Wildman–Crippen MR) is 128 cm³/mol. The van der Waals surface area contributed by atoms with Crippen LogP contribution < -0.4 is 5.32 Å². The molecule has 178 valence electrons. The molecule has 11 nitrogen and oxygen atoms in total. The number of fused-ring (bicyclic) bond motifs is 1. The van der Waals surface area contributed by atoms with Gasteiger partial charge in [0.2, 0.25) is 5.91 Å². The molecule has 4 rings (SSSR count). The average molecular weight is 492 g/mol. The van der Waals surface area contributed by atoms with Gasteiger partial charge in [0.25, 0.3) is 0 Å². The number of azo groups is 1. The molecule has 0 aliphatic rings. The molecule has 0 fully saturated rings. The van der Waals surface area contributed by atoms with E-state index in [2.05, 4.69) is 30.5 Å². The lowest BCUT2D eigenvalue weighted by Gasteiger charge is -2.13. The summed E-state index contributed by atoms with van der Waals surface area (Å²) in [5.74, 6) is -1.69. The fourth-order valence-corrected chi connectivity index (χ4v) is 4.10. The highest BCUT2D eigenvalue weighted by Gasteiger charge is 2.19. The van der Waals surface area contributed by atoms with Gasteiger partial charge in [-0.2, -0.15) is 5.11 Å². The van der Waals surface area contributed by atoms with Gasteiger partial charge < -0.3 is 20.1 Å². The van der Waals surface area contributed by atoms with Crippen molar-refractivity contribution >= 4 is 46.2 Å². The highest BCUT2D eigenvalue weighted by atomic mass is 32.2. The van der Waals surface area contributed by atoms with Gasteiger partial charge in [-0.05, 0) is 42.0 Å². The number of aromatic nitrogens is 4. The number of phenolic OH excluding ortho intramolecular Hbond substituents is 1. The molecule has 12 heteroatoms. The Morgan fingerprint density at radius 3 is 2.60 bits per heavy atom. The molecular formula is C23H21N7O4S. The first kappa shape index (κ1) is 23.8. The van der Waals surface area contributed by atoms with Gasteiger partial charge in [0.1, 0.15) is 34.3 Å². The fourth-order valence-electron chi connectivity index (χ4n) is 3.26. The van der Waals surface area contributed by atoms with Crippen LogP contribution in [0.3, 0.4) is 0 Å². The molecule has 0 saturated carbocycles. The van der Waals surface area contributed by atoms with Crippen molar-refractivity contribution in [3.05, 3.63) is 60.7 Å². The Kier molecular flexibility index (Phi) is 7.01. The van der Waals surface area contributed by atoms with Crippen LogP contribution in [0.15, 0.2) is 75.3 Å². The minimum atomic E-state index is -1.15. The van der Waals surface area contributed by atoms with Gasteiger partial charge in [-0.1, -0.05) is 17.8 Å². The first-order chi connectivity index (χ1) is 16.8. The number of carboxylic acid groups (broad SMARTS) is 1. The summed E-state index contributed by atoms with van der Waals surface area (Å²) in [6.07, 6.45) is 3.24. The molecule has 2 heterocycles. The summed E-state index contributed by atoms with van der Waals surface area (Å²) < 4.78 is 1.83. The quantitative estimate of drug-likeness (QED) is 0.248.